The first-order chi connectivity index (χ1) is 8.01. The minimum absolute atomic E-state index is 0.381. The molecule has 0 amide bonds. The normalized spacial score (nSPS) is 12.5. The van der Waals surface area contributed by atoms with Crippen molar-refractivity contribution in [2.24, 2.45) is 0 Å². The number of carbonyl (C=O) groups is 1. The van der Waals surface area contributed by atoms with Gasteiger partial charge in [-0.3, -0.25) is 4.79 Å². The van der Waals surface area contributed by atoms with Crippen molar-refractivity contribution in [1.29, 1.82) is 0 Å². The third-order valence-electron chi connectivity index (χ3n) is 3.00. The van der Waals surface area contributed by atoms with Crippen LogP contribution in [0.2, 0.25) is 0 Å². The molecule has 0 bridgehead atoms. The van der Waals surface area contributed by atoms with Gasteiger partial charge in [0.2, 0.25) is 0 Å². The van der Waals surface area contributed by atoms with Crippen LogP contribution in [0.3, 0.4) is 0 Å². The summed E-state index contributed by atoms with van der Waals surface area (Å²) in [4.78, 5) is 11.2. The van der Waals surface area contributed by atoms with Crippen LogP contribution in [0.5, 0.6) is 5.75 Å². The van der Waals surface area contributed by atoms with Gasteiger partial charge in [0.05, 0.1) is 13.0 Å². The predicted octanol–water partition coefficient (Wildman–Crippen LogP) is 3.40. The van der Waals surface area contributed by atoms with Crippen molar-refractivity contribution in [3.8, 4) is 5.75 Å². The van der Waals surface area contributed by atoms with Crippen molar-refractivity contribution in [2.75, 3.05) is 7.11 Å². The zero-order chi connectivity index (χ0) is 13.0. The van der Waals surface area contributed by atoms with Crippen LogP contribution >= 0.6 is 0 Å². The van der Waals surface area contributed by atoms with E-state index >= 15 is 0 Å². The molecule has 0 aliphatic rings. The molecule has 1 aromatic rings. The largest absolute Gasteiger partial charge is 0.496 e. The number of hydrogen-bond acceptors (Lipinski definition) is 2. The number of benzene rings is 1. The maximum atomic E-state index is 11.2. The molecule has 1 atom stereocenters. The number of hydrogen-bond donors (Lipinski definition) is 1. The van der Waals surface area contributed by atoms with Crippen LogP contribution < -0.4 is 4.74 Å². The molecular weight excluding hydrogens is 216 g/mol. The topological polar surface area (TPSA) is 46.5 Å². The number of carboxylic acid groups (broad SMARTS) is 1. The molecule has 0 fully saturated rings. The minimum atomic E-state index is -0.799. The third-order valence-corrected chi connectivity index (χ3v) is 3.00. The molecule has 0 aliphatic heterocycles. The highest BCUT2D eigenvalue weighted by molar-refractivity contribution is 5.77. The van der Waals surface area contributed by atoms with E-state index in [4.69, 9.17) is 4.74 Å². The van der Waals surface area contributed by atoms with Gasteiger partial charge in [-0.25, -0.2) is 0 Å². The molecule has 0 aliphatic carbocycles. The Bertz CT molecular complexity index is 396. The summed E-state index contributed by atoms with van der Waals surface area (Å²) in [6.45, 7) is 6.06. The molecule has 0 saturated heterocycles. The standard InChI is InChI=1S/C14H20O3/c1-5-11(14(15)16)12-8-10(9(2)3)6-7-13(12)17-4/h6-9,11H,5H2,1-4H3,(H,15,16). The van der Waals surface area contributed by atoms with E-state index in [1.165, 1.54) is 0 Å². The molecule has 0 saturated carbocycles. The third kappa shape index (κ3) is 2.99. The van der Waals surface area contributed by atoms with Crippen LogP contribution in [-0.4, -0.2) is 18.2 Å². The lowest BCUT2D eigenvalue weighted by Gasteiger charge is -2.17. The van der Waals surface area contributed by atoms with E-state index in [1.807, 2.05) is 25.1 Å². The molecule has 1 N–H and O–H groups in total. The fourth-order valence-electron chi connectivity index (χ4n) is 1.91. The van der Waals surface area contributed by atoms with E-state index in [-0.39, 0.29) is 0 Å². The fourth-order valence-corrected chi connectivity index (χ4v) is 1.91. The predicted molar refractivity (Wildman–Crippen MR) is 67.8 cm³/mol. The number of carboxylic acids is 1. The second kappa shape index (κ2) is 5.71. The van der Waals surface area contributed by atoms with E-state index in [1.54, 1.807) is 7.11 Å². The summed E-state index contributed by atoms with van der Waals surface area (Å²) in [5.41, 5.74) is 1.91. The average molecular weight is 236 g/mol. The van der Waals surface area contributed by atoms with Crippen LogP contribution in [-0.2, 0) is 4.79 Å². The van der Waals surface area contributed by atoms with Gasteiger partial charge in [-0.15, -0.1) is 0 Å². The second-order valence-electron chi connectivity index (χ2n) is 4.46. The minimum Gasteiger partial charge on any atom is -0.496 e. The van der Waals surface area contributed by atoms with Crippen molar-refractivity contribution in [3.63, 3.8) is 0 Å². The van der Waals surface area contributed by atoms with E-state index in [9.17, 15) is 9.90 Å². The van der Waals surface area contributed by atoms with Crippen LogP contribution in [0, 0.1) is 0 Å². The summed E-state index contributed by atoms with van der Waals surface area (Å²) in [6.07, 6.45) is 0.563. The Kier molecular flexibility index (Phi) is 4.55. The monoisotopic (exact) mass is 236 g/mol. The molecule has 3 nitrogen and oxygen atoms in total. The van der Waals surface area contributed by atoms with Crippen molar-refractivity contribution in [1.82, 2.24) is 0 Å². The van der Waals surface area contributed by atoms with Gasteiger partial charge < -0.3 is 9.84 Å². The highest BCUT2D eigenvalue weighted by atomic mass is 16.5. The molecule has 94 valence electrons. The Morgan fingerprint density at radius 3 is 2.47 bits per heavy atom. The Morgan fingerprint density at radius 2 is 2.06 bits per heavy atom. The summed E-state index contributed by atoms with van der Waals surface area (Å²) in [5.74, 6) is -0.259. The van der Waals surface area contributed by atoms with Crippen molar-refractivity contribution >= 4 is 5.97 Å². The molecule has 1 unspecified atom stereocenters. The number of ether oxygens (including phenoxy) is 1. The Labute approximate surface area is 102 Å². The lowest BCUT2D eigenvalue weighted by molar-refractivity contribution is -0.138. The van der Waals surface area contributed by atoms with Crippen molar-refractivity contribution < 1.29 is 14.6 Å². The lowest BCUT2D eigenvalue weighted by Crippen LogP contribution is -2.12. The molecule has 1 rings (SSSR count). The maximum absolute atomic E-state index is 11.2. The van der Waals surface area contributed by atoms with Crippen molar-refractivity contribution in [3.05, 3.63) is 29.3 Å². The summed E-state index contributed by atoms with van der Waals surface area (Å²) in [5, 5.41) is 9.22. The molecule has 0 spiro atoms. The van der Waals surface area contributed by atoms with Gasteiger partial charge in [0.15, 0.2) is 0 Å². The Hall–Kier alpha value is -1.51. The van der Waals surface area contributed by atoms with Crippen LogP contribution in [0.1, 0.15) is 50.2 Å². The first-order valence-electron chi connectivity index (χ1n) is 5.91. The molecule has 0 aromatic heterocycles. The summed E-state index contributed by atoms with van der Waals surface area (Å²) in [7, 11) is 1.57. The zero-order valence-corrected chi connectivity index (χ0v) is 10.9. The zero-order valence-electron chi connectivity index (χ0n) is 10.9. The number of rotatable bonds is 5. The molecule has 0 radical (unpaired) electrons. The lowest BCUT2D eigenvalue weighted by atomic mass is 9.91. The van der Waals surface area contributed by atoms with E-state index < -0.39 is 11.9 Å². The van der Waals surface area contributed by atoms with Gasteiger partial charge in [0.1, 0.15) is 5.75 Å². The quantitative estimate of drug-likeness (QED) is 0.852. The average Bonchev–Trinajstić information content (AvgIpc) is 2.29. The van der Waals surface area contributed by atoms with Gasteiger partial charge in [0, 0.05) is 5.56 Å². The summed E-state index contributed by atoms with van der Waals surface area (Å²) in [6, 6.07) is 5.80. The molecular formula is C14H20O3. The first kappa shape index (κ1) is 13.6. The van der Waals surface area contributed by atoms with E-state index in [0.29, 0.717) is 18.1 Å². The number of methoxy groups -OCH3 is 1. The van der Waals surface area contributed by atoms with Crippen LogP contribution in [0.15, 0.2) is 18.2 Å². The SMILES string of the molecule is CCC(C(=O)O)c1cc(C(C)C)ccc1OC. The van der Waals surface area contributed by atoms with E-state index in [2.05, 4.69) is 13.8 Å². The first-order valence-corrected chi connectivity index (χ1v) is 5.91. The van der Waals surface area contributed by atoms with E-state index in [0.717, 1.165) is 11.1 Å². The molecule has 0 heterocycles. The highest BCUT2D eigenvalue weighted by Gasteiger charge is 2.22. The summed E-state index contributed by atoms with van der Waals surface area (Å²) >= 11 is 0. The smallest absolute Gasteiger partial charge is 0.311 e. The van der Waals surface area contributed by atoms with Gasteiger partial charge in [-0.1, -0.05) is 32.9 Å². The Morgan fingerprint density at radius 1 is 1.41 bits per heavy atom. The molecule has 17 heavy (non-hydrogen) atoms. The van der Waals surface area contributed by atoms with Gasteiger partial charge in [0.25, 0.3) is 0 Å². The number of aliphatic carboxylic acids is 1. The molecule has 1 aromatic carbocycles. The van der Waals surface area contributed by atoms with Gasteiger partial charge in [-0.05, 0) is 24.0 Å². The maximum Gasteiger partial charge on any atom is 0.311 e. The molecule has 3 heteroatoms. The van der Waals surface area contributed by atoms with Gasteiger partial charge in [-0.2, -0.15) is 0 Å². The van der Waals surface area contributed by atoms with Crippen LogP contribution in [0.4, 0.5) is 0 Å². The Balaban J connectivity index is 3.26. The van der Waals surface area contributed by atoms with Crippen molar-refractivity contribution in [2.45, 2.75) is 39.0 Å². The van der Waals surface area contributed by atoms with Gasteiger partial charge >= 0.3 is 5.97 Å². The summed E-state index contributed by atoms with van der Waals surface area (Å²) < 4.78 is 5.25. The van der Waals surface area contributed by atoms with Crippen LogP contribution in [0.25, 0.3) is 0 Å². The fraction of sp³-hybridized carbons (Fsp3) is 0.500. The second-order valence-corrected chi connectivity index (χ2v) is 4.46. The highest BCUT2D eigenvalue weighted by Crippen LogP contribution is 2.32.